The van der Waals surface area contributed by atoms with Crippen molar-refractivity contribution in [2.45, 2.75) is 6.54 Å². The largest absolute Gasteiger partial charge is 0.496 e. The number of nitrogens with one attached hydrogen (secondary N) is 2. The van der Waals surface area contributed by atoms with Gasteiger partial charge in [0.15, 0.2) is 0 Å². The molecule has 0 fully saturated rings. The Hall–Kier alpha value is -3.34. The molecule has 0 aliphatic rings. The predicted molar refractivity (Wildman–Crippen MR) is 99.6 cm³/mol. The third-order valence-corrected chi connectivity index (χ3v) is 4.09. The number of hydrogen-bond acceptors (Lipinski definition) is 4. The number of para-hydroxylation sites is 2. The van der Waals surface area contributed by atoms with E-state index in [9.17, 15) is 0 Å². The fraction of sp³-hybridized carbons (Fsp3) is 0.100. The third kappa shape index (κ3) is 3.17. The zero-order valence-electron chi connectivity index (χ0n) is 13.9. The van der Waals surface area contributed by atoms with Gasteiger partial charge in [0, 0.05) is 29.2 Å². The van der Waals surface area contributed by atoms with Crippen LogP contribution in [-0.2, 0) is 6.54 Å². The van der Waals surface area contributed by atoms with Crippen molar-refractivity contribution in [1.82, 2.24) is 15.0 Å². The minimum atomic E-state index is 0.585. The molecule has 0 unspecified atom stereocenters. The van der Waals surface area contributed by atoms with E-state index in [-0.39, 0.29) is 0 Å². The number of ether oxygens (including phenoxy) is 1. The van der Waals surface area contributed by atoms with Gasteiger partial charge in [-0.05, 0) is 24.3 Å². The summed E-state index contributed by atoms with van der Waals surface area (Å²) in [6.07, 6.45) is 1.76. The lowest BCUT2D eigenvalue weighted by Gasteiger charge is -2.09. The molecule has 124 valence electrons. The highest BCUT2D eigenvalue weighted by atomic mass is 16.5. The van der Waals surface area contributed by atoms with Crippen molar-refractivity contribution in [2.75, 3.05) is 12.4 Å². The van der Waals surface area contributed by atoms with Gasteiger partial charge in [-0.25, -0.2) is 9.97 Å². The summed E-state index contributed by atoms with van der Waals surface area (Å²) in [4.78, 5) is 12.3. The molecule has 2 aromatic carbocycles. The number of rotatable bonds is 5. The average Bonchev–Trinajstić information content (AvgIpc) is 3.11. The number of aromatic nitrogens is 3. The SMILES string of the molecule is COc1ccccc1CNc1nccc(-c2cc3ccccc3[nH]2)n1. The van der Waals surface area contributed by atoms with Crippen LogP contribution < -0.4 is 10.1 Å². The van der Waals surface area contributed by atoms with Gasteiger partial charge >= 0.3 is 0 Å². The van der Waals surface area contributed by atoms with E-state index >= 15 is 0 Å². The normalized spacial score (nSPS) is 10.8. The van der Waals surface area contributed by atoms with Crippen molar-refractivity contribution in [3.63, 3.8) is 0 Å². The summed E-state index contributed by atoms with van der Waals surface area (Å²) in [6, 6.07) is 20.1. The number of benzene rings is 2. The molecular weight excluding hydrogens is 312 g/mol. The number of fused-ring (bicyclic) bond motifs is 1. The Labute approximate surface area is 145 Å². The average molecular weight is 330 g/mol. The van der Waals surface area contributed by atoms with Crippen LogP contribution in [0.25, 0.3) is 22.3 Å². The zero-order valence-corrected chi connectivity index (χ0v) is 13.9. The Bertz CT molecular complexity index is 976. The van der Waals surface area contributed by atoms with Crippen molar-refractivity contribution in [3.8, 4) is 17.1 Å². The molecule has 2 heterocycles. The second kappa shape index (κ2) is 6.65. The number of H-pyrrole nitrogens is 1. The highest BCUT2D eigenvalue weighted by molar-refractivity contribution is 5.85. The van der Waals surface area contributed by atoms with Gasteiger partial charge in [0.1, 0.15) is 5.75 Å². The van der Waals surface area contributed by atoms with Crippen LogP contribution in [0.3, 0.4) is 0 Å². The lowest BCUT2D eigenvalue weighted by molar-refractivity contribution is 0.410. The van der Waals surface area contributed by atoms with Crippen LogP contribution in [0.4, 0.5) is 5.95 Å². The molecule has 0 aliphatic carbocycles. The first-order valence-corrected chi connectivity index (χ1v) is 8.10. The summed E-state index contributed by atoms with van der Waals surface area (Å²) in [6.45, 7) is 0.597. The Balaban J connectivity index is 1.57. The first-order chi connectivity index (χ1) is 12.3. The molecule has 0 spiro atoms. The second-order valence-corrected chi connectivity index (χ2v) is 5.70. The molecule has 4 rings (SSSR count). The van der Waals surface area contributed by atoms with E-state index in [0.29, 0.717) is 12.5 Å². The molecule has 4 aromatic rings. The number of methoxy groups -OCH3 is 1. The van der Waals surface area contributed by atoms with Crippen molar-refractivity contribution >= 4 is 16.9 Å². The van der Waals surface area contributed by atoms with E-state index in [1.54, 1.807) is 13.3 Å². The van der Waals surface area contributed by atoms with Crippen LogP contribution in [-0.4, -0.2) is 22.1 Å². The summed E-state index contributed by atoms with van der Waals surface area (Å²) in [5.74, 6) is 1.43. The Morgan fingerprint density at radius 1 is 1.04 bits per heavy atom. The van der Waals surface area contributed by atoms with Crippen molar-refractivity contribution in [3.05, 3.63) is 72.4 Å². The third-order valence-electron chi connectivity index (χ3n) is 4.09. The molecule has 0 saturated heterocycles. The fourth-order valence-electron chi connectivity index (χ4n) is 2.83. The topological polar surface area (TPSA) is 62.8 Å². The standard InChI is InChI=1S/C20H18N4O/c1-25-19-9-5-3-7-15(19)13-22-20-21-11-10-17(24-20)18-12-14-6-2-4-8-16(14)23-18/h2-12,23H,13H2,1H3,(H,21,22,24). The molecule has 0 amide bonds. The van der Waals surface area contributed by atoms with Crippen molar-refractivity contribution in [1.29, 1.82) is 0 Å². The van der Waals surface area contributed by atoms with Crippen LogP contribution in [0.1, 0.15) is 5.56 Å². The maximum atomic E-state index is 5.37. The molecule has 2 aromatic heterocycles. The van der Waals surface area contributed by atoms with E-state index in [0.717, 1.165) is 28.2 Å². The quantitative estimate of drug-likeness (QED) is 0.574. The van der Waals surface area contributed by atoms with E-state index in [4.69, 9.17) is 4.74 Å². The minimum Gasteiger partial charge on any atom is -0.496 e. The lowest BCUT2D eigenvalue weighted by Crippen LogP contribution is -2.05. The smallest absolute Gasteiger partial charge is 0.223 e. The van der Waals surface area contributed by atoms with Gasteiger partial charge in [-0.3, -0.25) is 0 Å². The summed E-state index contributed by atoms with van der Waals surface area (Å²) >= 11 is 0. The molecule has 0 saturated carbocycles. The van der Waals surface area contributed by atoms with E-state index in [1.165, 1.54) is 5.39 Å². The molecule has 0 atom stereocenters. The zero-order chi connectivity index (χ0) is 17.1. The minimum absolute atomic E-state index is 0.585. The van der Waals surface area contributed by atoms with Gasteiger partial charge in [-0.15, -0.1) is 0 Å². The molecule has 2 N–H and O–H groups in total. The number of hydrogen-bond donors (Lipinski definition) is 2. The van der Waals surface area contributed by atoms with Crippen LogP contribution in [0.5, 0.6) is 5.75 Å². The Morgan fingerprint density at radius 3 is 2.76 bits per heavy atom. The van der Waals surface area contributed by atoms with Crippen LogP contribution >= 0.6 is 0 Å². The maximum absolute atomic E-state index is 5.37. The monoisotopic (exact) mass is 330 g/mol. The summed E-state index contributed by atoms with van der Waals surface area (Å²) in [5.41, 5.74) is 3.99. The van der Waals surface area contributed by atoms with Gasteiger partial charge in [-0.2, -0.15) is 0 Å². The van der Waals surface area contributed by atoms with E-state index in [2.05, 4.69) is 38.5 Å². The van der Waals surface area contributed by atoms with Gasteiger partial charge in [0.25, 0.3) is 0 Å². The van der Waals surface area contributed by atoms with Gasteiger partial charge < -0.3 is 15.0 Å². The molecule has 0 aliphatic heterocycles. The number of anilines is 1. The predicted octanol–water partition coefficient (Wildman–Crippen LogP) is 4.25. The first kappa shape index (κ1) is 15.2. The molecule has 0 bridgehead atoms. The first-order valence-electron chi connectivity index (χ1n) is 8.10. The van der Waals surface area contributed by atoms with Crippen molar-refractivity contribution < 1.29 is 4.74 Å². The highest BCUT2D eigenvalue weighted by Crippen LogP contribution is 2.23. The molecular formula is C20H18N4O. The molecule has 0 radical (unpaired) electrons. The fourth-order valence-corrected chi connectivity index (χ4v) is 2.83. The van der Waals surface area contributed by atoms with Crippen LogP contribution in [0.15, 0.2) is 66.9 Å². The second-order valence-electron chi connectivity index (χ2n) is 5.70. The maximum Gasteiger partial charge on any atom is 0.223 e. The summed E-state index contributed by atoms with van der Waals surface area (Å²) in [7, 11) is 1.67. The Morgan fingerprint density at radius 2 is 1.88 bits per heavy atom. The lowest BCUT2D eigenvalue weighted by atomic mass is 10.2. The molecule has 5 heteroatoms. The summed E-state index contributed by atoms with van der Waals surface area (Å²) < 4.78 is 5.37. The van der Waals surface area contributed by atoms with E-state index in [1.807, 2.05) is 42.5 Å². The molecule has 25 heavy (non-hydrogen) atoms. The Kier molecular flexibility index (Phi) is 4.04. The van der Waals surface area contributed by atoms with Crippen molar-refractivity contribution in [2.24, 2.45) is 0 Å². The molecule has 5 nitrogen and oxygen atoms in total. The van der Waals surface area contributed by atoms with Crippen LogP contribution in [0, 0.1) is 0 Å². The van der Waals surface area contributed by atoms with Gasteiger partial charge in [0.05, 0.1) is 18.5 Å². The number of nitrogens with zero attached hydrogens (tertiary/aromatic N) is 2. The van der Waals surface area contributed by atoms with Gasteiger partial charge in [-0.1, -0.05) is 36.4 Å². The highest BCUT2D eigenvalue weighted by Gasteiger charge is 2.07. The number of aromatic amines is 1. The van der Waals surface area contributed by atoms with Gasteiger partial charge in [0.2, 0.25) is 5.95 Å². The van der Waals surface area contributed by atoms with Crippen LogP contribution in [0.2, 0.25) is 0 Å². The summed E-state index contributed by atoms with van der Waals surface area (Å²) in [5, 5.41) is 4.43. The van der Waals surface area contributed by atoms with E-state index < -0.39 is 0 Å².